The highest BCUT2D eigenvalue weighted by molar-refractivity contribution is 6.34. The molecule has 0 aromatic heterocycles. The van der Waals surface area contributed by atoms with Crippen molar-refractivity contribution in [1.82, 2.24) is 0 Å². The molecular formula is C10H11ClN2O. The van der Waals surface area contributed by atoms with Crippen LogP contribution in [0.3, 0.4) is 0 Å². The van der Waals surface area contributed by atoms with Gasteiger partial charge < -0.3 is 10.6 Å². The number of benzene rings is 1. The highest BCUT2D eigenvalue weighted by Gasteiger charge is 2.24. The lowest BCUT2D eigenvalue weighted by molar-refractivity contribution is -0.117. The number of hydrogen-bond donors (Lipinski definition) is 2. The highest BCUT2D eigenvalue weighted by Crippen LogP contribution is 2.33. The third kappa shape index (κ3) is 1.44. The van der Waals surface area contributed by atoms with Crippen LogP contribution in [0.1, 0.15) is 13.3 Å². The second-order valence-corrected chi connectivity index (χ2v) is 3.66. The first-order valence-electron chi connectivity index (χ1n) is 4.58. The lowest BCUT2D eigenvalue weighted by Crippen LogP contribution is -2.38. The molecule has 1 aliphatic rings. The zero-order valence-electron chi connectivity index (χ0n) is 7.80. The average Bonchev–Trinajstić information content (AvgIpc) is 2.17. The van der Waals surface area contributed by atoms with Crippen molar-refractivity contribution >= 4 is 28.9 Å². The van der Waals surface area contributed by atoms with Gasteiger partial charge in [0.15, 0.2) is 0 Å². The van der Waals surface area contributed by atoms with Gasteiger partial charge in [-0.05, 0) is 18.6 Å². The van der Waals surface area contributed by atoms with E-state index in [4.69, 9.17) is 11.6 Å². The summed E-state index contributed by atoms with van der Waals surface area (Å²) < 4.78 is 0. The summed E-state index contributed by atoms with van der Waals surface area (Å²) in [5, 5.41) is 6.58. The van der Waals surface area contributed by atoms with Crippen molar-refractivity contribution in [3.05, 3.63) is 23.2 Å². The van der Waals surface area contributed by atoms with E-state index < -0.39 is 0 Å². The van der Waals surface area contributed by atoms with Crippen LogP contribution in [-0.2, 0) is 4.79 Å². The number of carbonyl (C=O) groups is 1. The number of amides is 1. The van der Waals surface area contributed by atoms with Crippen molar-refractivity contribution in [2.45, 2.75) is 19.4 Å². The SMILES string of the molecule is CCC1Nc2c(Cl)cccc2NC1=O. The second kappa shape index (κ2) is 3.50. The maximum Gasteiger partial charge on any atom is 0.246 e. The van der Waals surface area contributed by atoms with E-state index in [9.17, 15) is 4.79 Å². The van der Waals surface area contributed by atoms with E-state index in [2.05, 4.69) is 10.6 Å². The van der Waals surface area contributed by atoms with E-state index >= 15 is 0 Å². The Kier molecular flexibility index (Phi) is 2.33. The first kappa shape index (κ1) is 9.34. The van der Waals surface area contributed by atoms with Crippen LogP contribution in [-0.4, -0.2) is 11.9 Å². The smallest absolute Gasteiger partial charge is 0.246 e. The van der Waals surface area contributed by atoms with E-state index in [-0.39, 0.29) is 11.9 Å². The van der Waals surface area contributed by atoms with Crippen LogP contribution in [0.15, 0.2) is 18.2 Å². The van der Waals surface area contributed by atoms with E-state index in [1.807, 2.05) is 19.1 Å². The van der Waals surface area contributed by atoms with Gasteiger partial charge in [-0.15, -0.1) is 0 Å². The van der Waals surface area contributed by atoms with E-state index in [0.717, 1.165) is 17.8 Å². The molecular weight excluding hydrogens is 200 g/mol. The highest BCUT2D eigenvalue weighted by atomic mass is 35.5. The zero-order valence-corrected chi connectivity index (χ0v) is 8.56. The largest absolute Gasteiger partial charge is 0.371 e. The normalized spacial score (nSPS) is 19.6. The van der Waals surface area contributed by atoms with Crippen molar-refractivity contribution in [3.63, 3.8) is 0 Å². The summed E-state index contributed by atoms with van der Waals surface area (Å²) in [6.07, 6.45) is 0.747. The van der Waals surface area contributed by atoms with Crippen LogP contribution in [0.4, 0.5) is 11.4 Å². The summed E-state index contributed by atoms with van der Waals surface area (Å²) in [7, 11) is 0. The molecule has 0 saturated heterocycles. The van der Waals surface area contributed by atoms with Crippen LogP contribution in [0.25, 0.3) is 0 Å². The zero-order chi connectivity index (χ0) is 10.1. The molecule has 2 rings (SSSR count). The maximum absolute atomic E-state index is 11.5. The fourth-order valence-electron chi connectivity index (χ4n) is 1.52. The Morgan fingerprint density at radius 1 is 1.50 bits per heavy atom. The minimum Gasteiger partial charge on any atom is -0.371 e. The summed E-state index contributed by atoms with van der Waals surface area (Å²) in [4.78, 5) is 11.5. The summed E-state index contributed by atoms with van der Waals surface area (Å²) in [6.45, 7) is 1.96. The standard InChI is InChI=1S/C10H11ClN2O/c1-2-7-10(14)13-8-5-3-4-6(11)9(8)12-7/h3-5,7,12H,2H2,1H3,(H,13,14). The van der Waals surface area contributed by atoms with E-state index in [1.54, 1.807) is 6.07 Å². The number of halogens is 1. The molecule has 1 aromatic rings. The van der Waals surface area contributed by atoms with Crippen molar-refractivity contribution < 1.29 is 4.79 Å². The molecule has 1 aliphatic heterocycles. The van der Waals surface area contributed by atoms with Crippen LogP contribution < -0.4 is 10.6 Å². The van der Waals surface area contributed by atoms with Crippen LogP contribution in [0, 0.1) is 0 Å². The van der Waals surface area contributed by atoms with Crippen molar-refractivity contribution in [1.29, 1.82) is 0 Å². The molecule has 1 atom stereocenters. The van der Waals surface area contributed by atoms with Crippen LogP contribution in [0.2, 0.25) is 5.02 Å². The summed E-state index contributed by atoms with van der Waals surface area (Å²) in [6, 6.07) is 5.27. The quantitative estimate of drug-likeness (QED) is 0.748. The number of carbonyl (C=O) groups excluding carboxylic acids is 1. The number of anilines is 2. The van der Waals surface area contributed by atoms with Crippen molar-refractivity contribution in [2.24, 2.45) is 0 Å². The molecule has 0 fully saturated rings. The predicted molar refractivity (Wildman–Crippen MR) is 57.8 cm³/mol. The van der Waals surface area contributed by atoms with Gasteiger partial charge in [-0.1, -0.05) is 24.6 Å². The molecule has 1 unspecified atom stereocenters. The van der Waals surface area contributed by atoms with Gasteiger partial charge in [0.1, 0.15) is 6.04 Å². The summed E-state index contributed by atoms with van der Waals surface area (Å²) in [5.41, 5.74) is 1.58. The number of fused-ring (bicyclic) bond motifs is 1. The lowest BCUT2D eigenvalue weighted by Gasteiger charge is -2.26. The Balaban J connectivity index is 2.40. The Morgan fingerprint density at radius 3 is 3.00 bits per heavy atom. The lowest BCUT2D eigenvalue weighted by atomic mass is 10.1. The monoisotopic (exact) mass is 210 g/mol. The van der Waals surface area contributed by atoms with Crippen LogP contribution >= 0.6 is 11.6 Å². The third-order valence-electron chi connectivity index (χ3n) is 2.31. The van der Waals surface area contributed by atoms with Gasteiger partial charge in [-0.2, -0.15) is 0 Å². The Labute approximate surface area is 87.4 Å². The second-order valence-electron chi connectivity index (χ2n) is 3.26. The van der Waals surface area contributed by atoms with Gasteiger partial charge in [0.25, 0.3) is 0 Å². The van der Waals surface area contributed by atoms with Crippen molar-refractivity contribution in [3.8, 4) is 0 Å². The number of nitrogens with one attached hydrogen (secondary N) is 2. The fraction of sp³-hybridized carbons (Fsp3) is 0.300. The topological polar surface area (TPSA) is 41.1 Å². The minimum atomic E-state index is -0.178. The molecule has 0 radical (unpaired) electrons. The molecule has 0 saturated carbocycles. The molecule has 14 heavy (non-hydrogen) atoms. The first-order valence-corrected chi connectivity index (χ1v) is 4.96. The number of para-hydroxylation sites is 1. The van der Waals surface area contributed by atoms with Gasteiger partial charge >= 0.3 is 0 Å². The number of rotatable bonds is 1. The number of hydrogen-bond acceptors (Lipinski definition) is 2. The van der Waals surface area contributed by atoms with Gasteiger partial charge in [-0.3, -0.25) is 4.79 Å². The molecule has 3 nitrogen and oxygen atoms in total. The molecule has 0 aliphatic carbocycles. The van der Waals surface area contributed by atoms with E-state index in [1.165, 1.54) is 0 Å². The van der Waals surface area contributed by atoms with Gasteiger partial charge in [0, 0.05) is 0 Å². The molecule has 74 valence electrons. The van der Waals surface area contributed by atoms with E-state index in [0.29, 0.717) is 5.02 Å². The molecule has 4 heteroatoms. The van der Waals surface area contributed by atoms with Gasteiger partial charge in [0.05, 0.1) is 16.4 Å². The Morgan fingerprint density at radius 2 is 2.29 bits per heavy atom. The van der Waals surface area contributed by atoms with Crippen molar-refractivity contribution in [2.75, 3.05) is 10.6 Å². The van der Waals surface area contributed by atoms with Gasteiger partial charge in [-0.25, -0.2) is 0 Å². The van der Waals surface area contributed by atoms with Gasteiger partial charge in [0.2, 0.25) is 5.91 Å². The average molecular weight is 211 g/mol. The minimum absolute atomic E-state index is 0.00210. The molecule has 1 heterocycles. The maximum atomic E-state index is 11.5. The summed E-state index contributed by atoms with van der Waals surface area (Å²) in [5.74, 6) is 0.00210. The third-order valence-corrected chi connectivity index (χ3v) is 2.63. The summed E-state index contributed by atoms with van der Waals surface area (Å²) >= 11 is 6.00. The predicted octanol–water partition coefficient (Wildman–Crippen LogP) is 2.48. The Bertz CT molecular complexity index is 378. The molecule has 1 amide bonds. The Hall–Kier alpha value is -1.22. The molecule has 0 bridgehead atoms. The van der Waals surface area contributed by atoms with Crippen LogP contribution in [0.5, 0.6) is 0 Å². The first-order chi connectivity index (χ1) is 6.72. The molecule has 2 N–H and O–H groups in total. The molecule has 1 aromatic carbocycles. The molecule has 0 spiro atoms. The fourth-order valence-corrected chi connectivity index (χ4v) is 1.75.